The Morgan fingerprint density at radius 3 is 1.14 bits per heavy atom. The van der Waals surface area contributed by atoms with Crippen molar-refractivity contribution in [2.24, 2.45) is 0 Å². The molecule has 0 nitrogen and oxygen atoms in total. The van der Waals surface area contributed by atoms with Gasteiger partial charge in [-0.15, -0.1) is 7.92 Å². The van der Waals surface area contributed by atoms with Crippen LogP contribution in [0.5, 0.6) is 0 Å². The molecule has 0 N–H and O–H groups in total. The van der Waals surface area contributed by atoms with Gasteiger partial charge in [-0.2, -0.15) is 0 Å². The van der Waals surface area contributed by atoms with Crippen LogP contribution in [-0.4, -0.2) is 29.5 Å². The molecule has 0 aromatic carbocycles. The van der Waals surface area contributed by atoms with E-state index in [1.54, 1.807) is 18.5 Å². The smallest absolute Gasteiger partial charge is 0 e. The van der Waals surface area contributed by atoms with E-state index in [1.807, 2.05) is 0 Å². The van der Waals surface area contributed by atoms with Crippen molar-refractivity contribution in [1.82, 2.24) is 0 Å². The van der Waals surface area contributed by atoms with Crippen LogP contribution in [0.2, 0.25) is 0 Å². The van der Waals surface area contributed by atoms with Crippen molar-refractivity contribution in [2.75, 3.05) is 18.5 Å². The second kappa shape index (κ2) is 13.6. The minimum absolute atomic E-state index is 0. The molecule has 14 heavy (non-hydrogen) atoms. The molecule has 0 aromatic heterocycles. The van der Waals surface area contributed by atoms with Gasteiger partial charge in [0.2, 0.25) is 0 Å². The van der Waals surface area contributed by atoms with Crippen LogP contribution in [0.1, 0.15) is 59.3 Å². The van der Waals surface area contributed by atoms with Gasteiger partial charge < -0.3 is 0 Å². The summed E-state index contributed by atoms with van der Waals surface area (Å²) in [4.78, 5) is 0. The highest BCUT2D eigenvalue weighted by atomic mass is 31.1. The van der Waals surface area contributed by atoms with Gasteiger partial charge in [0.15, 0.2) is 0 Å². The maximum atomic E-state index is 2.31. The summed E-state index contributed by atoms with van der Waals surface area (Å²) < 4.78 is 0. The van der Waals surface area contributed by atoms with E-state index in [-0.39, 0.29) is 11.0 Å². The van der Waals surface area contributed by atoms with Crippen molar-refractivity contribution in [2.45, 2.75) is 59.3 Å². The fourth-order valence-corrected chi connectivity index (χ4v) is 4.44. The Hall–Kier alpha value is 0.647. The standard InChI is InChI=1S/C12H27P.Si/c1-4-7-10-13(11-8-5-2)12-9-6-3;/h4-12H2,1-3H3;. The first-order valence-corrected chi connectivity index (χ1v) is 7.97. The van der Waals surface area contributed by atoms with E-state index in [0.29, 0.717) is 7.92 Å². The number of hydrogen-bond donors (Lipinski definition) is 0. The van der Waals surface area contributed by atoms with Crippen molar-refractivity contribution < 1.29 is 0 Å². The molecular weight excluding hydrogens is 203 g/mol. The van der Waals surface area contributed by atoms with Crippen molar-refractivity contribution >= 4 is 18.9 Å². The topological polar surface area (TPSA) is 0 Å². The molecule has 0 aliphatic heterocycles. The van der Waals surface area contributed by atoms with Gasteiger partial charge in [-0.25, -0.2) is 0 Å². The molecule has 0 rings (SSSR count). The van der Waals surface area contributed by atoms with Crippen LogP contribution in [0.4, 0.5) is 0 Å². The lowest BCUT2D eigenvalue weighted by atomic mass is 10.4. The zero-order chi connectivity index (χ0) is 9.94. The first-order valence-electron chi connectivity index (χ1n) is 6.07. The summed E-state index contributed by atoms with van der Waals surface area (Å²) in [6.07, 6.45) is 13.2. The van der Waals surface area contributed by atoms with E-state index < -0.39 is 0 Å². The third kappa shape index (κ3) is 10.7. The van der Waals surface area contributed by atoms with Crippen LogP contribution in [-0.2, 0) is 0 Å². The van der Waals surface area contributed by atoms with Crippen LogP contribution in [0, 0.1) is 0 Å². The van der Waals surface area contributed by atoms with Crippen molar-refractivity contribution in [3.63, 3.8) is 0 Å². The van der Waals surface area contributed by atoms with Gasteiger partial charge in [-0.05, 0) is 37.7 Å². The Morgan fingerprint density at radius 1 is 0.643 bits per heavy atom. The van der Waals surface area contributed by atoms with Gasteiger partial charge in [-0.1, -0.05) is 40.0 Å². The van der Waals surface area contributed by atoms with Crippen LogP contribution in [0.15, 0.2) is 0 Å². The van der Waals surface area contributed by atoms with E-state index in [2.05, 4.69) is 20.8 Å². The van der Waals surface area contributed by atoms with Crippen LogP contribution >= 0.6 is 7.92 Å². The minimum Gasteiger partial charge on any atom is -0.107 e. The monoisotopic (exact) mass is 230 g/mol. The van der Waals surface area contributed by atoms with Gasteiger partial charge in [0.05, 0.1) is 0 Å². The summed E-state index contributed by atoms with van der Waals surface area (Å²) in [5.41, 5.74) is 0. The van der Waals surface area contributed by atoms with Gasteiger partial charge in [0.1, 0.15) is 0 Å². The fraction of sp³-hybridized carbons (Fsp3) is 1.00. The molecule has 0 fully saturated rings. The van der Waals surface area contributed by atoms with Gasteiger partial charge in [-0.3, -0.25) is 0 Å². The van der Waals surface area contributed by atoms with E-state index >= 15 is 0 Å². The Bertz CT molecular complexity index is 77.3. The molecule has 0 aromatic rings. The Morgan fingerprint density at radius 2 is 0.929 bits per heavy atom. The zero-order valence-electron chi connectivity index (χ0n) is 10.3. The highest BCUT2D eigenvalue weighted by molar-refractivity contribution is 7.57. The number of rotatable bonds is 9. The zero-order valence-corrected chi connectivity index (χ0v) is 12.2. The Labute approximate surface area is 97.0 Å². The van der Waals surface area contributed by atoms with E-state index in [1.165, 1.54) is 38.5 Å². The van der Waals surface area contributed by atoms with Crippen molar-refractivity contribution in [3.05, 3.63) is 0 Å². The predicted octanol–water partition coefficient (Wildman–Crippen LogP) is 4.49. The van der Waals surface area contributed by atoms with Crippen LogP contribution in [0.3, 0.4) is 0 Å². The molecule has 0 bridgehead atoms. The average molecular weight is 230 g/mol. The van der Waals surface area contributed by atoms with Gasteiger partial charge in [0.25, 0.3) is 0 Å². The van der Waals surface area contributed by atoms with Gasteiger partial charge in [0, 0.05) is 11.0 Å². The largest absolute Gasteiger partial charge is 0.107 e. The molecule has 0 aliphatic rings. The summed E-state index contributed by atoms with van der Waals surface area (Å²) in [5, 5.41) is 0. The molecular formula is C12H27PSi. The Kier molecular flexibility index (Phi) is 16.6. The summed E-state index contributed by atoms with van der Waals surface area (Å²) >= 11 is 0. The number of unbranched alkanes of at least 4 members (excludes halogenated alkanes) is 3. The summed E-state index contributed by atoms with van der Waals surface area (Å²) in [5.74, 6) is 0. The molecule has 0 saturated carbocycles. The Balaban J connectivity index is 0. The molecule has 2 heteroatoms. The lowest BCUT2D eigenvalue weighted by Crippen LogP contribution is -1.95. The minimum atomic E-state index is 0. The first-order chi connectivity index (χ1) is 6.35. The molecule has 0 spiro atoms. The first kappa shape index (κ1) is 17.1. The molecule has 0 aliphatic carbocycles. The fourth-order valence-electron chi connectivity index (χ4n) is 1.48. The second-order valence-corrected chi connectivity index (χ2v) is 6.59. The summed E-state index contributed by atoms with van der Waals surface area (Å²) in [7, 11) is 0.422. The van der Waals surface area contributed by atoms with Crippen molar-refractivity contribution in [1.29, 1.82) is 0 Å². The van der Waals surface area contributed by atoms with Crippen LogP contribution < -0.4 is 0 Å². The molecule has 84 valence electrons. The third-order valence-electron chi connectivity index (χ3n) is 2.48. The molecule has 0 unspecified atom stereocenters. The van der Waals surface area contributed by atoms with Crippen molar-refractivity contribution in [3.8, 4) is 0 Å². The van der Waals surface area contributed by atoms with E-state index in [9.17, 15) is 0 Å². The van der Waals surface area contributed by atoms with E-state index in [0.717, 1.165) is 0 Å². The normalized spacial score (nSPS) is 10.3. The molecule has 0 amide bonds. The van der Waals surface area contributed by atoms with Gasteiger partial charge >= 0.3 is 0 Å². The number of hydrogen-bond acceptors (Lipinski definition) is 0. The second-order valence-electron chi connectivity index (χ2n) is 3.90. The SMILES string of the molecule is CCCCP(CCCC)CCCC.[Si]. The quantitative estimate of drug-likeness (QED) is 0.404. The predicted molar refractivity (Wildman–Crippen MR) is 72.0 cm³/mol. The molecule has 4 radical (unpaired) electrons. The summed E-state index contributed by atoms with van der Waals surface area (Å²) in [6.45, 7) is 6.94. The third-order valence-corrected chi connectivity index (χ3v) is 5.33. The molecule has 0 atom stereocenters. The summed E-state index contributed by atoms with van der Waals surface area (Å²) in [6, 6.07) is 0. The highest BCUT2D eigenvalue weighted by Crippen LogP contribution is 2.38. The maximum absolute atomic E-state index is 2.31. The molecule has 0 heterocycles. The van der Waals surface area contributed by atoms with E-state index in [4.69, 9.17) is 0 Å². The maximum Gasteiger partial charge on any atom is 0 e. The highest BCUT2D eigenvalue weighted by Gasteiger charge is 2.05. The lowest BCUT2D eigenvalue weighted by Gasteiger charge is -2.16. The lowest BCUT2D eigenvalue weighted by molar-refractivity contribution is 0.847. The van der Waals surface area contributed by atoms with Crippen LogP contribution in [0.25, 0.3) is 0 Å². The molecule has 0 saturated heterocycles. The average Bonchev–Trinajstić information content (AvgIpc) is 2.17.